The molecule has 48 heavy (non-hydrogen) atoms. The highest BCUT2D eigenvalue weighted by Gasteiger charge is 2.21. The number of hydrogen-bond acceptors (Lipinski definition) is 10. The molecular formula is C35H40N2O11. The van der Waals surface area contributed by atoms with E-state index in [1.165, 1.54) is 30.7 Å². The Labute approximate surface area is 277 Å². The van der Waals surface area contributed by atoms with Crippen LogP contribution in [0.25, 0.3) is 11.1 Å². The Bertz CT molecular complexity index is 1600. The van der Waals surface area contributed by atoms with Gasteiger partial charge in [0.15, 0.2) is 5.75 Å². The van der Waals surface area contributed by atoms with Gasteiger partial charge in [0.25, 0.3) is 0 Å². The number of nitro groups is 1. The number of rotatable bonds is 20. The van der Waals surface area contributed by atoms with Crippen LogP contribution in [0.4, 0.5) is 11.4 Å². The molecule has 0 unspecified atom stereocenters. The standard InChI is InChI=1S/C35H40N2O11/c1-2-3-4-5-6-8-17-46-31-22-29(36)27(21-30(31)37(44)45)23-11-13-24(14-12-23)34(42)47-18-9-7-10-19-48-35(43)28-20-25(32(38)39)15-16-26(28)33(40)41/h11-16,20-22H,2-10,17-19,36H2,1H3,(H,38,39)(H,40,41). The van der Waals surface area contributed by atoms with Crippen LogP contribution in [0.2, 0.25) is 0 Å². The number of carboxylic acid groups (broad SMARTS) is 2. The lowest BCUT2D eigenvalue weighted by Crippen LogP contribution is -2.14. The Balaban J connectivity index is 1.46. The van der Waals surface area contributed by atoms with Crippen molar-refractivity contribution in [1.29, 1.82) is 0 Å². The first-order valence-electron chi connectivity index (χ1n) is 15.8. The van der Waals surface area contributed by atoms with Crippen LogP contribution in [-0.4, -0.2) is 58.8 Å². The number of nitro benzene ring substituents is 1. The van der Waals surface area contributed by atoms with Crippen LogP contribution >= 0.6 is 0 Å². The lowest BCUT2D eigenvalue weighted by molar-refractivity contribution is -0.385. The van der Waals surface area contributed by atoms with E-state index >= 15 is 0 Å². The van der Waals surface area contributed by atoms with Gasteiger partial charge in [-0.25, -0.2) is 19.2 Å². The molecule has 4 N–H and O–H groups in total. The molecule has 256 valence electrons. The average Bonchev–Trinajstić information content (AvgIpc) is 3.06. The van der Waals surface area contributed by atoms with Crippen LogP contribution < -0.4 is 10.5 Å². The molecular weight excluding hydrogens is 624 g/mol. The molecule has 0 amide bonds. The van der Waals surface area contributed by atoms with Gasteiger partial charge in [0, 0.05) is 23.4 Å². The second-order valence-corrected chi connectivity index (χ2v) is 11.1. The third-order valence-corrected chi connectivity index (χ3v) is 7.49. The van der Waals surface area contributed by atoms with E-state index in [9.17, 15) is 34.4 Å². The summed E-state index contributed by atoms with van der Waals surface area (Å²) in [7, 11) is 0. The minimum atomic E-state index is -1.39. The number of nitrogen functional groups attached to an aromatic ring is 1. The summed E-state index contributed by atoms with van der Waals surface area (Å²) in [6.45, 7) is 2.56. The fourth-order valence-electron chi connectivity index (χ4n) is 4.85. The van der Waals surface area contributed by atoms with E-state index in [0.29, 0.717) is 42.7 Å². The van der Waals surface area contributed by atoms with Gasteiger partial charge in [-0.05, 0) is 61.6 Å². The smallest absolute Gasteiger partial charge is 0.339 e. The van der Waals surface area contributed by atoms with Gasteiger partial charge in [-0.15, -0.1) is 0 Å². The number of anilines is 1. The molecule has 3 aromatic carbocycles. The monoisotopic (exact) mass is 664 g/mol. The fraction of sp³-hybridized carbons (Fsp3) is 0.371. The molecule has 0 radical (unpaired) electrons. The molecule has 0 aliphatic heterocycles. The zero-order chi connectivity index (χ0) is 35.1. The topological polar surface area (TPSA) is 206 Å². The van der Waals surface area contributed by atoms with Crippen LogP contribution in [0.1, 0.15) is 106 Å². The van der Waals surface area contributed by atoms with Crippen LogP contribution in [0, 0.1) is 10.1 Å². The molecule has 0 aromatic heterocycles. The van der Waals surface area contributed by atoms with Crippen molar-refractivity contribution in [3.63, 3.8) is 0 Å². The Morgan fingerprint density at radius 3 is 1.92 bits per heavy atom. The summed E-state index contributed by atoms with van der Waals surface area (Å²) in [4.78, 5) is 58.7. The molecule has 0 fully saturated rings. The Morgan fingerprint density at radius 1 is 0.708 bits per heavy atom. The van der Waals surface area contributed by atoms with E-state index in [2.05, 4.69) is 6.92 Å². The second kappa shape index (κ2) is 18.6. The summed E-state index contributed by atoms with van der Waals surface area (Å²) in [6, 6.07) is 12.2. The second-order valence-electron chi connectivity index (χ2n) is 11.1. The summed E-state index contributed by atoms with van der Waals surface area (Å²) in [5.74, 6) is -4.09. The summed E-state index contributed by atoms with van der Waals surface area (Å²) in [5, 5.41) is 30.2. The van der Waals surface area contributed by atoms with Crippen molar-refractivity contribution >= 4 is 35.3 Å². The molecule has 0 bridgehead atoms. The predicted octanol–water partition coefficient (Wildman–Crippen LogP) is 7.16. The van der Waals surface area contributed by atoms with Gasteiger partial charge in [0.1, 0.15) is 0 Å². The Morgan fingerprint density at radius 2 is 1.29 bits per heavy atom. The molecule has 0 heterocycles. The number of ether oxygens (including phenoxy) is 3. The van der Waals surface area contributed by atoms with Crippen molar-refractivity contribution in [2.75, 3.05) is 25.6 Å². The maximum absolute atomic E-state index is 12.5. The van der Waals surface area contributed by atoms with Crippen molar-refractivity contribution < 1.29 is 48.5 Å². The van der Waals surface area contributed by atoms with E-state index < -0.39 is 28.8 Å². The molecule has 3 rings (SSSR count). The van der Waals surface area contributed by atoms with Crippen LogP contribution in [0.3, 0.4) is 0 Å². The molecule has 13 nitrogen and oxygen atoms in total. The molecule has 13 heteroatoms. The van der Waals surface area contributed by atoms with E-state index in [4.69, 9.17) is 25.1 Å². The van der Waals surface area contributed by atoms with E-state index in [0.717, 1.165) is 50.3 Å². The lowest BCUT2D eigenvalue weighted by atomic mass is 10.0. The number of nitrogens with two attached hydrogens (primary N) is 1. The van der Waals surface area contributed by atoms with Gasteiger partial charge in [-0.2, -0.15) is 0 Å². The minimum absolute atomic E-state index is 0.0435. The third kappa shape index (κ3) is 10.8. The molecule has 0 aliphatic rings. The molecule has 0 saturated carbocycles. The summed E-state index contributed by atoms with van der Waals surface area (Å²) < 4.78 is 16.1. The van der Waals surface area contributed by atoms with Crippen LogP contribution in [-0.2, 0) is 9.47 Å². The lowest BCUT2D eigenvalue weighted by Gasteiger charge is -2.12. The maximum Gasteiger partial charge on any atom is 0.339 e. The quantitative estimate of drug-likeness (QED) is 0.0361. The zero-order valence-corrected chi connectivity index (χ0v) is 26.8. The van der Waals surface area contributed by atoms with Gasteiger partial charge in [-0.3, -0.25) is 10.1 Å². The van der Waals surface area contributed by atoms with Crippen LogP contribution in [0.5, 0.6) is 5.75 Å². The summed E-state index contributed by atoms with van der Waals surface area (Å²) in [6.07, 6.45) is 7.76. The van der Waals surface area contributed by atoms with E-state index in [1.807, 2.05) is 0 Å². The highest BCUT2D eigenvalue weighted by molar-refractivity contribution is 6.04. The number of benzene rings is 3. The van der Waals surface area contributed by atoms with Gasteiger partial charge in [0.2, 0.25) is 0 Å². The summed E-state index contributed by atoms with van der Waals surface area (Å²) in [5.41, 5.74) is 6.67. The normalized spacial score (nSPS) is 10.7. The number of carboxylic acids is 2. The molecule has 0 spiro atoms. The van der Waals surface area contributed by atoms with Gasteiger partial charge < -0.3 is 30.2 Å². The third-order valence-electron chi connectivity index (χ3n) is 7.49. The number of carbonyl (C=O) groups excluding carboxylic acids is 2. The van der Waals surface area contributed by atoms with Crippen molar-refractivity contribution in [3.8, 4) is 16.9 Å². The average molecular weight is 665 g/mol. The first-order valence-corrected chi connectivity index (χ1v) is 15.8. The SMILES string of the molecule is CCCCCCCCOc1cc(N)c(-c2ccc(C(=O)OCCCCCOC(=O)c3cc(C(=O)O)ccc3C(=O)O)cc2)cc1[N+](=O)[O-]. The Kier molecular flexibility index (Phi) is 14.4. The number of aromatic carboxylic acids is 2. The molecule has 3 aromatic rings. The number of esters is 2. The fourth-order valence-corrected chi connectivity index (χ4v) is 4.85. The van der Waals surface area contributed by atoms with Crippen molar-refractivity contribution in [3.05, 3.63) is 87.0 Å². The minimum Gasteiger partial charge on any atom is -0.487 e. The van der Waals surface area contributed by atoms with E-state index in [1.54, 1.807) is 12.1 Å². The van der Waals surface area contributed by atoms with Crippen molar-refractivity contribution in [1.82, 2.24) is 0 Å². The highest BCUT2D eigenvalue weighted by atomic mass is 16.6. The predicted molar refractivity (Wildman–Crippen MR) is 177 cm³/mol. The first kappa shape index (κ1) is 37.0. The number of hydrogen-bond donors (Lipinski definition) is 3. The zero-order valence-electron chi connectivity index (χ0n) is 26.8. The maximum atomic E-state index is 12.5. The van der Waals surface area contributed by atoms with E-state index in [-0.39, 0.29) is 46.9 Å². The molecule has 0 saturated heterocycles. The first-order chi connectivity index (χ1) is 23.0. The number of carbonyl (C=O) groups is 4. The number of unbranched alkanes of at least 4 members (excludes halogenated alkanes) is 7. The number of nitrogens with zero attached hydrogens (tertiary/aromatic N) is 1. The summed E-state index contributed by atoms with van der Waals surface area (Å²) >= 11 is 0. The van der Waals surface area contributed by atoms with Gasteiger partial charge in [-0.1, -0.05) is 51.2 Å². The van der Waals surface area contributed by atoms with Crippen LogP contribution in [0.15, 0.2) is 54.6 Å². The largest absolute Gasteiger partial charge is 0.487 e. The van der Waals surface area contributed by atoms with Gasteiger partial charge >= 0.3 is 29.6 Å². The van der Waals surface area contributed by atoms with Gasteiger partial charge in [0.05, 0.1) is 47.0 Å². The molecule has 0 aliphatic carbocycles. The highest BCUT2D eigenvalue weighted by Crippen LogP contribution is 2.37. The van der Waals surface area contributed by atoms with Crippen molar-refractivity contribution in [2.45, 2.75) is 64.7 Å². The van der Waals surface area contributed by atoms with Crippen molar-refractivity contribution in [2.24, 2.45) is 0 Å². The molecule has 0 atom stereocenters. The Hall–Kier alpha value is -5.46.